The molecule has 2 rings (SSSR count). The smallest absolute Gasteiger partial charge is 0.266 e. The number of nitrogens with two attached hydrogens (primary N) is 1. The third kappa shape index (κ3) is 4.04. The summed E-state index contributed by atoms with van der Waals surface area (Å²) in [6, 6.07) is 0.993. The third-order valence-electron chi connectivity index (χ3n) is 3.00. The first-order chi connectivity index (χ1) is 10.9. The van der Waals surface area contributed by atoms with Crippen LogP contribution in [0.5, 0.6) is 0 Å². The Kier molecular flexibility index (Phi) is 5.66. The summed E-state index contributed by atoms with van der Waals surface area (Å²) in [6.45, 7) is 2.44. The molecule has 0 saturated carbocycles. The van der Waals surface area contributed by atoms with Crippen LogP contribution in [0.15, 0.2) is 22.5 Å². The van der Waals surface area contributed by atoms with E-state index in [1.54, 1.807) is 5.38 Å². The third-order valence-corrected chi connectivity index (χ3v) is 5.46. The van der Waals surface area contributed by atoms with Crippen LogP contribution in [0.2, 0.25) is 5.02 Å². The summed E-state index contributed by atoms with van der Waals surface area (Å²) >= 11 is 7.04. The molecule has 1 aromatic carbocycles. The van der Waals surface area contributed by atoms with Crippen LogP contribution < -0.4 is 15.8 Å². The fraction of sp³-hybridized carbons (Fsp3) is 0.308. The van der Waals surface area contributed by atoms with Crippen molar-refractivity contribution in [3.05, 3.63) is 28.5 Å². The van der Waals surface area contributed by atoms with Crippen molar-refractivity contribution in [2.24, 2.45) is 0 Å². The number of nitrogens with one attached hydrogen (secondary N) is 2. The van der Waals surface area contributed by atoms with Gasteiger partial charge in [0.05, 0.1) is 16.4 Å². The molecular formula is C13H16ClFN4O2S2. The van der Waals surface area contributed by atoms with Gasteiger partial charge in [0.25, 0.3) is 10.0 Å². The number of nitrogens with zero attached hydrogens (tertiary/aromatic N) is 1. The first-order valence-corrected chi connectivity index (χ1v) is 9.54. The highest BCUT2D eigenvalue weighted by atomic mass is 35.5. The fourth-order valence-corrected chi connectivity index (χ4v) is 3.99. The highest BCUT2D eigenvalue weighted by Gasteiger charge is 2.25. The number of unbranched alkanes of at least 4 members (excludes halogenated alkanes) is 1. The molecule has 2 aromatic rings. The van der Waals surface area contributed by atoms with Gasteiger partial charge in [-0.1, -0.05) is 24.9 Å². The zero-order valence-corrected chi connectivity index (χ0v) is 14.7. The van der Waals surface area contributed by atoms with Gasteiger partial charge in [-0.05, 0) is 12.5 Å². The van der Waals surface area contributed by atoms with Crippen molar-refractivity contribution in [1.82, 2.24) is 4.98 Å². The lowest BCUT2D eigenvalue weighted by molar-refractivity contribution is 0.572. The average molecular weight is 379 g/mol. The number of anilines is 3. The molecule has 0 unspecified atom stereocenters. The lowest BCUT2D eigenvalue weighted by Gasteiger charge is -2.15. The van der Waals surface area contributed by atoms with E-state index in [0.29, 0.717) is 6.54 Å². The Morgan fingerprint density at radius 3 is 2.83 bits per heavy atom. The zero-order chi connectivity index (χ0) is 17.0. The van der Waals surface area contributed by atoms with E-state index in [9.17, 15) is 12.8 Å². The normalized spacial score (nSPS) is 11.4. The molecule has 126 valence electrons. The van der Waals surface area contributed by atoms with Crippen molar-refractivity contribution in [1.29, 1.82) is 0 Å². The quantitative estimate of drug-likeness (QED) is 0.505. The molecule has 0 aliphatic heterocycles. The van der Waals surface area contributed by atoms with Crippen molar-refractivity contribution >= 4 is 49.5 Å². The molecule has 0 fully saturated rings. The molecule has 0 amide bonds. The number of nitrogen functional groups attached to an aromatic ring is 1. The molecule has 0 spiro atoms. The summed E-state index contributed by atoms with van der Waals surface area (Å²) in [4.78, 5) is 3.23. The fourth-order valence-electron chi connectivity index (χ4n) is 1.82. The van der Waals surface area contributed by atoms with E-state index < -0.39 is 20.7 Å². The van der Waals surface area contributed by atoms with Crippen LogP contribution in [0.3, 0.4) is 0 Å². The molecule has 0 atom stereocenters. The minimum atomic E-state index is -4.16. The van der Waals surface area contributed by atoms with Gasteiger partial charge < -0.3 is 11.1 Å². The predicted octanol–water partition coefficient (Wildman–Crippen LogP) is 3.53. The maximum atomic E-state index is 14.6. The second-order valence-corrected chi connectivity index (χ2v) is 7.63. The maximum absolute atomic E-state index is 14.6. The van der Waals surface area contributed by atoms with Crippen LogP contribution >= 0.6 is 22.9 Å². The summed E-state index contributed by atoms with van der Waals surface area (Å²) < 4.78 is 41.5. The van der Waals surface area contributed by atoms with E-state index in [2.05, 4.69) is 15.0 Å². The number of hydrogen-bond donors (Lipinski definition) is 3. The van der Waals surface area contributed by atoms with Gasteiger partial charge in [-0.15, -0.1) is 11.3 Å². The first-order valence-electron chi connectivity index (χ1n) is 6.80. The van der Waals surface area contributed by atoms with Crippen molar-refractivity contribution in [3.63, 3.8) is 0 Å². The number of halogens is 2. The van der Waals surface area contributed by atoms with Crippen molar-refractivity contribution in [3.8, 4) is 0 Å². The Bertz CT molecular complexity index is 782. The second-order valence-electron chi connectivity index (χ2n) is 4.68. The minimum Gasteiger partial charge on any atom is -0.396 e. The van der Waals surface area contributed by atoms with Crippen LogP contribution in [0.25, 0.3) is 0 Å². The maximum Gasteiger partial charge on any atom is 0.266 e. The molecular weight excluding hydrogens is 363 g/mol. The molecule has 1 aromatic heterocycles. The van der Waals surface area contributed by atoms with Crippen LogP contribution in [-0.4, -0.2) is 19.9 Å². The minimum absolute atomic E-state index is 0.0199. The molecule has 10 heteroatoms. The van der Waals surface area contributed by atoms with E-state index in [4.69, 9.17) is 17.3 Å². The van der Waals surface area contributed by atoms with Crippen LogP contribution in [0.4, 0.5) is 20.9 Å². The average Bonchev–Trinajstić information content (AvgIpc) is 2.98. The Morgan fingerprint density at radius 2 is 2.22 bits per heavy atom. The summed E-state index contributed by atoms with van der Waals surface area (Å²) in [7, 11) is -4.16. The lowest BCUT2D eigenvalue weighted by Crippen LogP contribution is -2.17. The molecule has 6 nitrogen and oxygen atoms in total. The monoisotopic (exact) mass is 378 g/mol. The number of rotatable bonds is 7. The van der Waals surface area contributed by atoms with Gasteiger partial charge >= 0.3 is 0 Å². The largest absolute Gasteiger partial charge is 0.396 e. The van der Waals surface area contributed by atoms with Gasteiger partial charge in [-0.3, -0.25) is 4.72 Å². The standard InChI is InChI=1S/C13H16ClFN4O2S2/c1-2-3-4-17-12-10(15)9(7-8(14)11(12)16)23(20,21)19-13-18-5-6-22-13/h5-7,17H,2-4,16H2,1H3,(H,18,19). The van der Waals surface area contributed by atoms with Gasteiger partial charge in [0, 0.05) is 18.1 Å². The highest BCUT2D eigenvalue weighted by molar-refractivity contribution is 7.93. The van der Waals surface area contributed by atoms with Gasteiger partial charge in [0.2, 0.25) is 0 Å². The molecule has 1 heterocycles. The van der Waals surface area contributed by atoms with Gasteiger partial charge in [0.1, 0.15) is 4.90 Å². The molecule has 0 aliphatic carbocycles. The molecule has 0 aliphatic rings. The van der Waals surface area contributed by atoms with E-state index in [1.165, 1.54) is 6.20 Å². The van der Waals surface area contributed by atoms with Crippen LogP contribution in [0.1, 0.15) is 19.8 Å². The molecule has 4 N–H and O–H groups in total. The molecule has 0 radical (unpaired) electrons. The van der Waals surface area contributed by atoms with Crippen LogP contribution in [0, 0.1) is 5.82 Å². The van der Waals surface area contributed by atoms with Crippen molar-refractivity contribution < 1.29 is 12.8 Å². The van der Waals surface area contributed by atoms with E-state index >= 15 is 0 Å². The Labute approximate surface area is 142 Å². The summed E-state index contributed by atoms with van der Waals surface area (Å²) in [5.74, 6) is -0.966. The van der Waals surface area contributed by atoms with Gasteiger partial charge in [0.15, 0.2) is 10.9 Å². The molecule has 0 saturated heterocycles. The second kappa shape index (κ2) is 7.33. The number of hydrogen-bond acceptors (Lipinski definition) is 6. The number of benzene rings is 1. The molecule has 0 bridgehead atoms. The molecule has 23 heavy (non-hydrogen) atoms. The first kappa shape index (κ1) is 17.8. The predicted molar refractivity (Wildman–Crippen MR) is 92.1 cm³/mol. The number of thiazole rings is 1. The Morgan fingerprint density at radius 1 is 1.48 bits per heavy atom. The van der Waals surface area contributed by atoms with Gasteiger partial charge in [-0.25, -0.2) is 17.8 Å². The van der Waals surface area contributed by atoms with E-state index in [1.807, 2.05) is 6.92 Å². The summed E-state index contributed by atoms with van der Waals surface area (Å²) in [5, 5.41) is 4.50. The number of aromatic nitrogens is 1. The van der Waals surface area contributed by atoms with E-state index in [0.717, 1.165) is 30.2 Å². The van der Waals surface area contributed by atoms with Crippen LogP contribution in [-0.2, 0) is 10.0 Å². The summed E-state index contributed by atoms with van der Waals surface area (Å²) in [6.07, 6.45) is 3.11. The summed E-state index contributed by atoms with van der Waals surface area (Å²) in [5.41, 5.74) is 5.63. The lowest BCUT2D eigenvalue weighted by atomic mass is 10.2. The number of sulfonamides is 1. The van der Waals surface area contributed by atoms with Crippen molar-refractivity contribution in [2.75, 3.05) is 22.3 Å². The zero-order valence-electron chi connectivity index (χ0n) is 12.3. The Hall–Kier alpha value is -1.58. The topological polar surface area (TPSA) is 97.1 Å². The van der Waals surface area contributed by atoms with Gasteiger partial charge in [-0.2, -0.15) is 0 Å². The Balaban J connectivity index is 2.42. The highest BCUT2D eigenvalue weighted by Crippen LogP contribution is 2.35. The van der Waals surface area contributed by atoms with Crippen molar-refractivity contribution in [2.45, 2.75) is 24.7 Å². The van der Waals surface area contributed by atoms with E-state index in [-0.39, 0.29) is 21.5 Å². The SMILES string of the molecule is CCCCNc1c(N)c(Cl)cc(S(=O)(=O)Nc2nccs2)c1F.